The number of anilines is 3. The van der Waals surface area contributed by atoms with E-state index in [0.717, 1.165) is 55.9 Å². The Morgan fingerprint density at radius 2 is 0.758 bits per heavy atom. The predicted molar refractivity (Wildman–Crippen MR) is 255 cm³/mol. The Morgan fingerprint density at radius 3 is 1.32 bits per heavy atom. The maximum Gasteiger partial charge on any atom is 0.238 e. The second-order valence-corrected chi connectivity index (χ2v) is 15.6. The van der Waals surface area contributed by atoms with Gasteiger partial charge in [-0.1, -0.05) is 176 Å². The summed E-state index contributed by atoms with van der Waals surface area (Å²) in [5.41, 5.74) is 14.3. The van der Waals surface area contributed by atoms with Crippen LogP contribution in [0.2, 0.25) is 0 Å². The number of nitrogens with zero attached hydrogens (tertiary/aromatic N) is 5. The summed E-state index contributed by atoms with van der Waals surface area (Å²) in [7, 11) is 0. The molecule has 0 N–H and O–H groups in total. The molecule has 0 spiro atoms. The summed E-state index contributed by atoms with van der Waals surface area (Å²) in [5.74, 6) is 1.83. The van der Waals surface area contributed by atoms with Crippen LogP contribution in [-0.4, -0.2) is 19.5 Å². The molecule has 0 radical (unpaired) electrons. The van der Waals surface area contributed by atoms with Crippen molar-refractivity contribution in [1.29, 1.82) is 0 Å². The van der Waals surface area contributed by atoms with Crippen molar-refractivity contribution in [1.82, 2.24) is 19.5 Å². The fourth-order valence-corrected chi connectivity index (χ4v) is 9.31. The molecule has 0 bridgehead atoms. The molecule has 0 fully saturated rings. The van der Waals surface area contributed by atoms with Gasteiger partial charge in [0.05, 0.1) is 11.0 Å². The van der Waals surface area contributed by atoms with E-state index in [1.807, 2.05) is 36.4 Å². The first kappa shape index (κ1) is 35.5. The van der Waals surface area contributed by atoms with Crippen LogP contribution in [0.1, 0.15) is 22.3 Å². The van der Waals surface area contributed by atoms with E-state index in [2.05, 4.69) is 198 Å². The second-order valence-electron chi connectivity index (χ2n) is 15.6. The molecule has 1 aliphatic rings. The normalized spacial score (nSPS) is 12.1. The highest BCUT2D eigenvalue weighted by Gasteiger charge is 2.29. The second kappa shape index (κ2) is 14.7. The zero-order valence-corrected chi connectivity index (χ0v) is 33.6. The summed E-state index contributed by atoms with van der Waals surface area (Å²) < 4.78 is 2.25. The number of benzene rings is 9. The van der Waals surface area contributed by atoms with Gasteiger partial charge in [0.2, 0.25) is 5.95 Å². The molecule has 0 saturated carbocycles. The van der Waals surface area contributed by atoms with E-state index in [9.17, 15) is 0 Å². The molecule has 5 nitrogen and oxygen atoms in total. The summed E-state index contributed by atoms with van der Waals surface area (Å²) in [6, 6.07) is 79.4. The zero-order valence-electron chi connectivity index (χ0n) is 33.6. The molecule has 12 rings (SSSR count). The summed E-state index contributed by atoms with van der Waals surface area (Å²) in [5, 5.41) is 4.75. The third kappa shape index (κ3) is 5.82. The van der Waals surface area contributed by atoms with Crippen LogP contribution in [0, 0.1) is 0 Å². The lowest BCUT2D eigenvalue weighted by atomic mass is 9.85. The van der Waals surface area contributed by atoms with Gasteiger partial charge in [0.25, 0.3) is 0 Å². The molecular formula is C57H37N5. The molecule has 2 heterocycles. The lowest BCUT2D eigenvalue weighted by molar-refractivity contribution is 0.953. The molecule has 0 unspecified atom stereocenters. The molecule has 9 aromatic carbocycles. The van der Waals surface area contributed by atoms with Gasteiger partial charge in [0.15, 0.2) is 11.6 Å². The summed E-state index contributed by atoms with van der Waals surface area (Å²) >= 11 is 0. The molecule has 1 aliphatic carbocycles. The molecule has 2 aromatic heterocycles. The molecule has 0 atom stereocenters. The van der Waals surface area contributed by atoms with Crippen molar-refractivity contribution in [3.05, 3.63) is 247 Å². The van der Waals surface area contributed by atoms with E-state index < -0.39 is 0 Å². The monoisotopic (exact) mass is 791 g/mol. The topological polar surface area (TPSA) is 46.8 Å². The number of hydrogen-bond acceptors (Lipinski definition) is 4. The first-order chi connectivity index (χ1) is 30.8. The van der Waals surface area contributed by atoms with Crippen LogP contribution < -0.4 is 4.90 Å². The van der Waals surface area contributed by atoms with Crippen LogP contribution in [0.4, 0.5) is 17.1 Å². The van der Waals surface area contributed by atoms with Crippen LogP contribution in [0.3, 0.4) is 0 Å². The van der Waals surface area contributed by atoms with E-state index >= 15 is 0 Å². The number of rotatable bonds is 8. The zero-order chi connectivity index (χ0) is 41.0. The van der Waals surface area contributed by atoms with Gasteiger partial charge in [-0.3, -0.25) is 4.57 Å². The van der Waals surface area contributed by atoms with Crippen molar-refractivity contribution in [3.63, 3.8) is 0 Å². The van der Waals surface area contributed by atoms with Gasteiger partial charge in [-0.05, 0) is 92.7 Å². The van der Waals surface area contributed by atoms with E-state index in [0.29, 0.717) is 17.6 Å². The van der Waals surface area contributed by atoms with Gasteiger partial charge in [0, 0.05) is 39.0 Å². The van der Waals surface area contributed by atoms with Crippen LogP contribution in [0.15, 0.2) is 224 Å². The maximum absolute atomic E-state index is 5.25. The van der Waals surface area contributed by atoms with E-state index in [4.69, 9.17) is 15.0 Å². The van der Waals surface area contributed by atoms with Crippen LogP contribution in [0.5, 0.6) is 0 Å². The van der Waals surface area contributed by atoms with E-state index in [1.54, 1.807) is 0 Å². The highest BCUT2D eigenvalue weighted by molar-refractivity contribution is 6.31. The Labute approximate surface area is 359 Å². The Kier molecular flexibility index (Phi) is 8.42. The van der Waals surface area contributed by atoms with Gasteiger partial charge in [-0.15, -0.1) is 0 Å². The average molecular weight is 792 g/mol. The molecule has 0 amide bonds. The van der Waals surface area contributed by atoms with Crippen molar-refractivity contribution in [2.24, 2.45) is 0 Å². The van der Waals surface area contributed by atoms with Crippen molar-refractivity contribution < 1.29 is 0 Å². The largest absolute Gasteiger partial charge is 0.311 e. The number of hydrogen-bond donors (Lipinski definition) is 0. The molecule has 0 saturated heterocycles. The molecule has 62 heavy (non-hydrogen) atoms. The van der Waals surface area contributed by atoms with Gasteiger partial charge in [-0.2, -0.15) is 9.97 Å². The molecule has 11 aromatic rings. The Balaban J connectivity index is 1.14. The lowest BCUT2D eigenvalue weighted by Gasteiger charge is -2.26. The highest BCUT2D eigenvalue weighted by atomic mass is 15.2. The minimum Gasteiger partial charge on any atom is -0.311 e. The number of aromatic nitrogens is 4. The third-order valence-electron chi connectivity index (χ3n) is 12.0. The van der Waals surface area contributed by atoms with Gasteiger partial charge >= 0.3 is 0 Å². The first-order valence-electron chi connectivity index (χ1n) is 21.0. The molecule has 290 valence electrons. The van der Waals surface area contributed by atoms with Crippen LogP contribution >= 0.6 is 0 Å². The summed E-state index contributed by atoms with van der Waals surface area (Å²) in [6.07, 6.45) is 0. The molecule has 5 heteroatoms. The summed E-state index contributed by atoms with van der Waals surface area (Å²) in [4.78, 5) is 17.9. The van der Waals surface area contributed by atoms with Crippen molar-refractivity contribution in [2.45, 2.75) is 0 Å². The first-order valence-corrected chi connectivity index (χ1v) is 21.0. The molecule has 0 aliphatic heterocycles. The fraction of sp³-hybridized carbons (Fsp3) is 0. The molecular weight excluding hydrogens is 755 g/mol. The summed E-state index contributed by atoms with van der Waals surface area (Å²) in [6.45, 7) is 0. The van der Waals surface area contributed by atoms with Crippen molar-refractivity contribution in [3.8, 4) is 28.7 Å². The standard InChI is InChI=1S/C57H37N5/c1-6-18-38(19-7-1)50-47-30-17-31-48-53(47)54-49(62(48)57-59-55(41-20-8-2-9-21-41)58-56(60-57)42-22-10-3-11-23-42)37-34-39-24-16-29-46(52(39)54)51(50)40-32-35-45(36-33-40)61(43-25-12-4-13-26-43)44-27-14-5-15-28-44/h1-37H. The SMILES string of the molecule is c1ccc(C2=C(c3ccc(N(c4ccccc4)c4ccccc4)cc3)c3cccc4ccc5c(c34)c3c2cccc3n5-c2nc(-c3ccccc3)nc(-c3ccccc3)n2)cc1. The van der Waals surface area contributed by atoms with Gasteiger partial charge in [0.1, 0.15) is 0 Å². The third-order valence-corrected chi connectivity index (χ3v) is 12.0. The van der Waals surface area contributed by atoms with Crippen molar-refractivity contribution >= 4 is 60.8 Å². The van der Waals surface area contributed by atoms with Gasteiger partial charge in [-0.25, -0.2) is 4.98 Å². The quantitative estimate of drug-likeness (QED) is 0.154. The smallest absolute Gasteiger partial charge is 0.238 e. The Hall–Kier alpha value is -8.41. The number of para-hydroxylation sites is 2. The Morgan fingerprint density at radius 1 is 0.306 bits per heavy atom. The fourth-order valence-electron chi connectivity index (χ4n) is 9.31. The maximum atomic E-state index is 5.25. The average Bonchev–Trinajstić information content (AvgIpc) is 3.63. The lowest BCUT2D eigenvalue weighted by Crippen LogP contribution is -2.09. The minimum atomic E-state index is 0.578. The van der Waals surface area contributed by atoms with Crippen molar-refractivity contribution in [2.75, 3.05) is 4.90 Å². The van der Waals surface area contributed by atoms with E-state index in [-0.39, 0.29) is 0 Å². The minimum absolute atomic E-state index is 0.578. The van der Waals surface area contributed by atoms with Crippen LogP contribution in [-0.2, 0) is 0 Å². The Bertz CT molecular complexity index is 3380. The van der Waals surface area contributed by atoms with Crippen LogP contribution in [0.25, 0.3) is 72.4 Å². The van der Waals surface area contributed by atoms with Gasteiger partial charge < -0.3 is 4.90 Å². The van der Waals surface area contributed by atoms with E-state index in [1.165, 1.54) is 38.3 Å². The predicted octanol–water partition coefficient (Wildman–Crippen LogP) is 14.2. The highest BCUT2D eigenvalue weighted by Crippen LogP contribution is 2.50.